The lowest BCUT2D eigenvalue weighted by Gasteiger charge is -2.23. The molecular weight excluding hydrogens is 266 g/mol. The number of likely N-dealkylation sites (N-methyl/N-ethyl adjacent to an activating group) is 1. The van der Waals surface area contributed by atoms with Gasteiger partial charge in [0.15, 0.2) is 0 Å². The van der Waals surface area contributed by atoms with Crippen LogP contribution in [0.4, 0.5) is 0 Å². The van der Waals surface area contributed by atoms with E-state index in [-0.39, 0.29) is 5.91 Å². The maximum Gasteiger partial charge on any atom is 0.271 e. The van der Waals surface area contributed by atoms with Gasteiger partial charge in [-0.15, -0.1) is 0 Å². The lowest BCUT2D eigenvalue weighted by molar-refractivity contribution is 0.0941. The third-order valence-electron chi connectivity index (χ3n) is 4.12. The highest BCUT2D eigenvalue weighted by Gasteiger charge is 2.17. The molecule has 0 bridgehead atoms. The molecule has 0 aliphatic carbocycles. The zero-order valence-electron chi connectivity index (χ0n) is 13.3. The molecule has 1 amide bonds. The maximum atomic E-state index is 12.1. The first-order chi connectivity index (χ1) is 10.1. The van der Waals surface area contributed by atoms with E-state index in [9.17, 15) is 4.79 Å². The van der Waals surface area contributed by atoms with Crippen molar-refractivity contribution in [1.82, 2.24) is 25.3 Å². The Labute approximate surface area is 126 Å². The third kappa shape index (κ3) is 4.54. The molecule has 2 heterocycles. The van der Waals surface area contributed by atoms with Crippen molar-refractivity contribution in [2.24, 2.45) is 0 Å². The van der Waals surface area contributed by atoms with Crippen LogP contribution < -0.4 is 10.6 Å². The number of rotatable bonds is 6. The van der Waals surface area contributed by atoms with Crippen molar-refractivity contribution < 1.29 is 4.79 Å². The zero-order valence-corrected chi connectivity index (χ0v) is 13.3. The van der Waals surface area contributed by atoms with E-state index in [2.05, 4.69) is 41.5 Å². The van der Waals surface area contributed by atoms with Gasteiger partial charge in [-0.1, -0.05) is 0 Å². The Morgan fingerprint density at radius 2 is 2.43 bits per heavy atom. The summed E-state index contributed by atoms with van der Waals surface area (Å²) in [6.45, 7) is 7.78. The topological polar surface area (TPSA) is 62.2 Å². The van der Waals surface area contributed by atoms with Crippen LogP contribution in [0.25, 0.3) is 0 Å². The number of hydrogen-bond acceptors (Lipinski definition) is 4. The second kappa shape index (κ2) is 7.56. The lowest BCUT2D eigenvalue weighted by atomic mass is 10.1. The van der Waals surface area contributed by atoms with Crippen molar-refractivity contribution >= 4 is 5.91 Å². The van der Waals surface area contributed by atoms with Crippen LogP contribution in [0.5, 0.6) is 0 Å². The molecule has 1 aromatic rings. The molecule has 0 radical (unpaired) electrons. The molecular formula is C15H27N5O. The van der Waals surface area contributed by atoms with Gasteiger partial charge in [-0.3, -0.25) is 9.48 Å². The summed E-state index contributed by atoms with van der Waals surface area (Å²) in [5.41, 5.74) is 0.507. The largest absolute Gasteiger partial charge is 0.349 e. The van der Waals surface area contributed by atoms with E-state index in [1.165, 1.54) is 0 Å². The van der Waals surface area contributed by atoms with Gasteiger partial charge in [0.1, 0.15) is 5.69 Å². The number of carbonyl (C=O) groups is 1. The van der Waals surface area contributed by atoms with E-state index in [1.807, 2.05) is 10.9 Å². The van der Waals surface area contributed by atoms with Crippen LogP contribution in [0.3, 0.4) is 0 Å². The molecule has 1 aliphatic heterocycles. The summed E-state index contributed by atoms with van der Waals surface area (Å²) in [6, 6.07) is 2.66. The van der Waals surface area contributed by atoms with Crippen molar-refractivity contribution in [3.05, 3.63) is 18.0 Å². The fourth-order valence-electron chi connectivity index (χ4n) is 2.42. The van der Waals surface area contributed by atoms with E-state index < -0.39 is 0 Å². The minimum absolute atomic E-state index is 0.0883. The average Bonchev–Trinajstić information content (AvgIpc) is 2.97. The molecule has 21 heavy (non-hydrogen) atoms. The Hall–Kier alpha value is -1.40. The molecule has 1 aliphatic rings. The molecule has 0 saturated carbocycles. The Morgan fingerprint density at radius 1 is 1.62 bits per heavy atom. The number of aromatic nitrogens is 2. The van der Waals surface area contributed by atoms with E-state index in [0.29, 0.717) is 24.3 Å². The van der Waals surface area contributed by atoms with Gasteiger partial charge in [0.25, 0.3) is 5.91 Å². The van der Waals surface area contributed by atoms with Gasteiger partial charge in [-0.25, -0.2) is 0 Å². The lowest BCUT2D eigenvalue weighted by Crippen LogP contribution is -2.36. The molecule has 1 saturated heterocycles. The Morgan fingerprint density at radius 3 is 3.10 bits per heavy atom. The van der Waals surface area contributed by atoms with Crippen molar-refractivity contribution in [3.63, 3.8) is 0 Å². The van der Waals surface area contributed by atoms with Gasteiger partial charge >= 0.3 is 0 Å². The zero-order chi connectivity index (χ0) is 15.2. The Bertz CT molecular complexity index is 451. The van der Waals surface area contributed by atoms with Crippen molar-refractivity contribution in [3.8, 4) is 0 Å². The summed E-state index contributed by atoms with van der Waals surface area (Å²) in [5.74, 6) is -0.0883. The molecule has 0 spiro atoms. The highest BCUT2D eigenvalue weighted by molar-refractivity contribution is 5.92. The Balaban J connectivity index is 1.81. The molecule has 6 heteroatoms. The minimum atomic E-state index is -0.0883. The van der Waals surface area contributed by atoms with Gasteiger partial charge in [-0.05, 0) is 46.3 Å². The second-order valence-corrected chi connectivity index (χ2v) is 6.01. The van der Waals surface area contributed by atoms with Crippen LogP contribution >= 0.6 is 0 Å². The minimum Gasteiger partial charge on any atom is -0.349 e. The molecule has 6 nitrogen and oxygen atoms in total. The summed E-state index contributed by atoms with van der Waals surface area (Å²) >= 11 is 0. The smallest absolute Gasteiger partial charge is 0.271 e. The molecule has 0 aromatic carbocycles. The van der Waals surface area contributed by atoms with Crippen LogP contribution in [0.15, 0.2) is 12.3 Å². The first kappa shape index (κ1) is 16.0. The summed E-state index contributed by atoms with van der Waals surface area (Å²) in [7, 11) is 2.06. The fourth-order valence-corrected chi connectivity index (χ4v) is 2.42. The molecule has 2 rings (SSSR count). The predicted molar refractivity (Wildman–Crippen MR) is 83.5 cm³/mol. The van der Waals surface area contributed by atoms with Crippen LogP contribution in [0, 0.1) is 0 Å². The number of nitrogens with zero attached hydrogens (tertiary/aromatic N) is 3. The van der Waals surface area contributed by atoms with E-state index in [4.69, 9.17) is 0 Å². The van der Waals surface area contributed by atoms with E-state index >= 15 is 0 Å². The SMILES string of the molecule is CC(C)N(C)CCNC(=O)c1ccn(C2CCCNC2)n1. The number of nitrogens with one attached hydrogen (secondary N) is 2. The van der Waals surface area contributed by atoms with Gasteiger partial charge < -0.3 is 15.5 Å². The summed E-state index contributed by atoms with van der Waals surface area (Å²) in [6.07, 6.45) is 4.19. The van der Waals surface area contributed by atoms with E-state index in [1.54, 1.807) is 6.07 Å². The van der Waals surface area contributed by atoms with Gasteiger partial charge in [0.05, 0.1) is 6.04 Å². The van der Waals surface area contributed by atoms with Gasteiger partial charge in [0.2, 0.25) is 0 Å². The first-order valence-corrected chi connectivity index (χ1v) is 7.82. The van der Waals surface area contributed by atoms with Crippen LogP contribution in [-0.2, 0) is 0 Å². The third-order valence-corrected chi connectivity index (χ3v) is 4.12. The normalized spacial score (nSPS) is 19.2. The first-order valence-electron chi connectivity index (χ1n) is 7.82. The van der Waals surface area contributed by atoms with E-state index in [0.717, 1.165) is 32.5 Å². The quantitative estimate of drug-likeness (QED) is 0.817. The van der Waals surface area contributed by atoms with Crippen LogP contribution in [0.2, 0.25) is 0 Å². The Kier molecular flexibility index (Phi) is 5.76. The molecule has 1 aromatic heterocycles. The van der Waals surface area contributed by atoms with Crippen molar-refractivity contribution in [2.75, 3.05) is 33.2 Å². The number of carbonyl (C=O) groups excluding carboxylic acids is 1. The summed E-state index contributed by atoms with van der Waals surface area (Å²) < 4.78 is 1.92. The summed E-state index contributed by atoms with van der Waals surface area (Å²) in [4.78, 5) is 14.3. The maximum absolute atomic E-state index is 12.1. The predicted octanol–water partition coefficient (Wildman–Crippen LogP) is 0.878. The van der Waals surface area contributed by atoms with Crippen molar-refractivity contribution in [1.29, 1.82) is 0 Å². The van der Waals surface area contributed by atoms with Gasteiger partial charge in [0, 0.05) is 31.9 Å². The summed E-state index contributed by atoms with van der Waals surface area (Å²) in [5, 5.41) is 10.7. The highest BCUT2D eigenvalue weighted by Crippen LogP contribution is 2.15. The molecule has 118 valence electrons. The average molecular weight is 293 g/mol. The second-order valence-electron chi connectivity index (χ2n) is 6.01. The molecule has 2 N–H and O–H groups in total. The highest BCUT2D eigenvalue weighted by atomic mass is 16.1. The fraction of sp³-hybridized carbons (Fsp3) is 0.733. The number of piperidine rings is 1. The molecule has 1 fully saturated rings. The standard InChI is InChI=1S/C15H27N5O/c1-12(2)19(3)10-8-17-15(21)14-6-9-20(18-14)13-5-4-7-16-11-13/h6,9,12-13,16H,4-5,7-8,10-11H2,1-3H3,(H,17,21). The number of amides is 1. The van der Waals surface area contributed by atoms with Gasteiger partial charge in [-0.2, -0.15) is 5.10 Å². The van der Waals surface area contributed by atoms with Crippen molar-refractivity contribution in [2.45, 2.75) is 38.8 Å². The molecule has 1 atom stereocenters. The van der Waals surface area contributed by atoms with Crippen LogP contribution in [-0.4, -0.2) is 59.9 Å². The monoisotopic (exact) mass is 293 g/mol. The van der Waals surface area contributed by atoms with Crippen LogP contribution in [0.1, 0.15) is 43.2 Å². The number of hydrogen-bond donors (Lipinski definition) is 2. The molecule has 1 unspecified atom stereocenters.